The Morgan fingerprint density at radius 2 is 2.06 bits per heavy atom. The molecule has 0 radical (unpaired) electrons. The number of aromatic nitrogens is 2. The van der Waals surface area contributed by atoms with Crippen LogP contribution in [-0.2, 0) is 6.54 Å². The van der Waals surface area contributed by atoms with Crippen molar-refractivity contribution < 1.29 is 0 Å². The SMILES string of the molecule is CCCCN(C)c1ncc(CNC2CC2)cn1. The minimum atomic E-state index is 0.738. The number of rotatable bonds is 7. The zero-order chi connectivity index (χ0) is 12.1. The third-order valence-corrected chi connectivity index (χ3v) is 3.05. The fraction of sp³-hybridized carbons (Fsp3) is 0.692. The molecule has 0 aromatic carbocycles. The quantitative estimate of drug-likeness (QED) is 0.783. The summed E-state index contributed by atoms with van der Waals surface area (Å²) in [4.78, 5) is 10.9. The van der Waals surface area contributed by atoms with Crippen molar-refractivity contribution in [3.8, 4) is 0 Å². The lowest BCUT2D eigenvalue weighted by Gasteiger charge is -2.16. The van der Waals surface area contributed by atoms with Crippen molar-refractivity contribution in [3.63, 3.8) is 0 Å². The minimum absolute atomic E-state index is 0.738. The Morgan fingerprint density at radius 3 is 2.65 bits per heavy atom. The average Bonchev–Trinajstić information content (AvgIpc) is 3.18. The summed E-state index contributed by atoms with van der Waals surface area (Å²) in [7, 11) is 2.05. The Kier molecular flexibility index (Phi) is 4.31. The number of unbranched alkanes of at least 4 members (excludes halogenated alkanes) is 1. The molecule has 1 N–H and O–H groups in total. The molecule has 94 valence electrons. The lowest BCUT2D eigenvalue weighted by atomic mass is 10.3. The molecule has 1 heterocycles. The third kappa shape index (κ3) is 3.97. The molecule has 1 aromatic heterocycles. The van der Waals surface area contributed by atoms with Crippen LogP contribution < -0.4 is 10.2 Å². The molecule has 0 bridgehead atoms. The first-order valence-corrected chi connectivity index (χ1v) is 6.55. The molecule has 0 aliphatic heterocycles. The van der Waals surface area contributed by atoms with Gasteiger partial charge in [0.05, 0.1) is 0 Å². The van der Waals surface area contributed by atoms with E-state index in [1.165, 1.54) is 31.2 Å². The van der Waals surface area contributed by atoms with Gasteiger partial charge in [-0.15, -0.1) is 0 Å². The molecule has 4 nitrogen and oxygen atoms in total. The molecular formula is C13H22N4. The van der Waals surface area contributed by atoms with Crippen LogP contribution in [0.4, 0.5) is 5.95 Å². The Labute approximate surface area is 103 Å². The first-order chi connectivity index (χ1) is 8.29. The summed E-state index contributed by atoms with van der Waals surface area (Å²) in [5.74, 6) is 0.827. The van der Waals surface area contributed by atoms with E-state index in [-0.39, 0.29) is 0 Å². The third-order valence-electron chi connectivity index (χ3n) is 3.05. The van der Waals surface area contributed by atoms with Gasteiger partial charge in [0.1, 0.15) is 0 Å². The van der Waals surface area contributed by atoms with E-state index in [1.54, 1.807) is 0 Å². The molecule has 2 rings (SSSR count). The van der Waals surface area contributed by atoms with Gasteiger partial charge in [0, 0.05) is 44.1 Å². The summed E-state index contributed by atoms with van der Waals surface area (Å²) in [6.45, 7) is 4.11. The zero-order valence-corrected chi connectivity index (χ0v) is 10.8. The topological polar surface area (TPSA) is 41.1 Å². The summed E-state index contributed by atoms with van der Waals surface area (Å²) in [5, 5.41) is 3.46. The van der Waals surface area contributed by atoms with Gasteiger partial charge < -0.3 is 10.2 Å². The maximum atomic E-state index is 4.40. The van der Waals surface area contributed by atoms with Crippen LogP contribution in [0.25, 0.3) is 0 Å². The van der Waals surface area contributed by atoms with Gasteiger partial charge >= 0.3 is 0 Å². The van der Waals surface area contributed by atoms with Crippen LogP contribution in [0.5, 0.6) is 0 Å². The van der Waals surface area contributed by atoms with Gasteiger partial charge in [0.25, 0.3) is 0 Å². The van der Waals surface area contributed by atoms with Crippen LogP contribution in [0.3, 0.4) is 0 Å². The average molecular weight is 234 g/mol. The molecule has 0 atom stereocenters. The van der Waals surface area contributed by atoms with Crippen molar-refractivity contribution in [2.75, 3.05) is 18.5 Å². The van der Waals surface area contributed by atoms with Crippen LogP contribution in [0, 0.1) is 0 Å². The van der Waals surface area contributed by atoms with Gasteiger partial charge in [0.15, 0.2) is 0 Å². The predicted octanol–water partition coefficient (Wildman–Crippen LogP) is 1.96. The van der Waals surface area contributed by atoms with Crippen LogP contribution in [0.2, 0.25) is 0 Å². The number of nitrogens with zero attached hydrogens (tertiary/aromatic N) is 3. The molecule has 0 saturated heterocycles. The van der Waals surface area contributed by atoms with Gasteiger partial charge in [-0.05, 0) is 19.3 Å². The molecule has 1 aliphatic carbocycles. The first kappa shape index (κ1) is 12.3. The Bertz CT molecular complexity index is 332. The fourth-order valence-electron chi connectivity index (χ4n) is 1.68. The molecular weight excluding hydrogens is 212 g/mol. The van der Waals surface area contributed by atoms with Crippen molar-refractivity contribution in [2.24, 2.45) is 0 Å². The normalized spacial score (nSPS) is 14.9. The summed E-state index contributed by atoms with van der Waals surface area (Å²) in [6, 6.07) is 0.738. The molecule has 0 spiro atoms. The van der Waals surface area contributed by atoms with E-state index < -0.39 is 0 Å². The molecule has 0 amide bonds. The number of hydrogen-bond donors (Lipinski definition) is 1. The lowest BCUT2D eigenvalue weighted by Crippen LogP contribution is -2.21. The summed E-state index contributed by atoms with van der Waals surface area (Å²) >= 11 is 0. The van der Waals surface area contributed by atoms with E-state index in [0.29, 0.717) is 0 Å². The highest BCUT2D eigenvalue weighted by Gasteiger charge is 2.19. The summed E-state index contributed by atoms with van der Waals surface area (Å²) in [6.07, 6.45) is 8.89. The highest BCUT2D eigenvalue weighted by atomic mass is 15.2. The summed E-state index contributed by atoms with van der Waals surface area (Å²) in [5.41, 5.74) is 1.17. The Balaban J connectivity index is 1.82. The molecule has 4 heteroatoms. The van der Waals surface area contributed by atoms with E-state index in [2.05, 4.69) is 27.1 Å². The molecule has 1 saturated carbocycles. The molecule has 1 aromatic rings. The van der Waals surface area contributed by atoms with E-state index in [1.807, 2.05) is 19.4 Å². The van der Waals surface area contributed by atoms with Crippen molar-refractivity contribution in [3.05, 3.63) is 18.0 Å². The molecule has 1 fully saturated rings. The van der Waals surface area contributed by atoms with Gasteiger partial charge in [-0.2, -0.15) is 0 Å². The number of anilines is 1. The first-order valence-electron chi connectivity index (χ1n) is 6.55. The van der Waals surface area contributed by atoms with Crippen LogP contribution in [0.15, 0.2) is 12.4 Å². The minimum Gasteiger partial charge on any atom is -0.344 e. The largest absolute Gasteiger partial charge is 0.344 e. The Morgan fingerprint density at radius 1 is 1.35 bits per heavy atom. The number of hydrogen-bond acceptors (Lipinski definition) is 4. The Hall–Kier alpha value is -1.16. The van der Waals surface area contributed by atoms with Gasteiger partial charge in [-0.1, -0.05) is 13.3 Å². The van der Waals surface area contributed by atoms with Gasteiger partial charge in [0.2, 0.25) is 5.95 Å². The monoisotopic (exact) mass is 234 g/mol. The highest BCUT2D eigenvalue weighted by molar-refractivity contribution is 5.28. The maximum absolute atomic E-state index is 4.40. The van der Waals surface area contributed by atoms with Crippen LogP contribution >= 0.6 is 0 Å². The van der Waals surface area contributed by atoms with Crippen molar-refractivity contribution in [1.82, 2.24) is 15.3 Å². The highest BCUT2D eigenvalue weighted by Crippen LogP contribution is 2.19. The standard InChI is InChI=1S/C13H22N4/c1-3-4-7-17(2)13-15-9-11(10-16-13)8-14-12-5-6-12/h9-10,12,14H,3-8H2,1-2H3. The van der Waals surface area contributed by atoms with Crippen LogP contribution in [-0.4, -0.2) is 29.6 Å². The second-order valence-electron chi connectivity index (χ2n) is 4.82. The molecule has 0 unspecified atom stereocenters. The van der Waals surface area contributed by atoms with E-state index in [4.69, 9.17) is 0 Å². The lowest BCUT2D eigenvalue weighted by molar-refractivity contribution is 0.681. The zero-order valence-electron chi connectivity index (χ0n) is 10.8. The van der Waals surface area contributed by atoms with Crippen molar-refractivity contribution in [1.29, 1.82) is 0 Å². The van der Waals surface area contributed by atoms with Gasteiger partial charge in [-0.25, -0.2) is 9.97 Å². The van der Waals surface area contributed by atoms with E-state index >= 15 is 0 Å². The van der Waals surface area contributed by atoms with Crippen molar-refractivity contribution >= 4 is 5.95 Å². The van der Waals surface area contributed by atoms with E-state index in [9.17, 15) is 0 Å². The fourth-order valence-corrected chi connectivity index (χ4v) is 1.68. The smallest absolute Gasteiger partial charge is 0.224 e. The number of nitrogens with one attached hydrogen (secondary N) is 1. The van der Waals surface area contributed by atoms with E-state index in [0.717, 1.165) is 25.1 Å². The second-order valence-corrected chi connectivity index (χ2v) is 4.82. The van der Waals surface area contributed by atoms with Crippen molar-refractivity contribution in [2.45, 2.75) is 45.2 Å². The van der Waals surface area contributed by atoms with Gasteiger partial charge in [-0.3, -0.25) is 0 Å². The predicted molar refractivity (Wildman–Crippen MR) is 70.1 cm³/mol. The molecule has 1 aliphatic rings. The maximum Gasteiger partial charge on any atom is 0.224 e. The molecule has 17 heavy (non-hydrogen) atoms. The second kappa shape index (κ2) is 5.96. The van der Waals surface area contributed by atoms with Crippen LogP contribution in [0.1, 0.15) is 38.2 Å². The summed E-state index contributed by atoms with van der Waals surface area (Å²) < 4.78 is 0.